The van der Waals surface area contributed by atoms with Gasteiger partial charge < -0.3 is 26.4 Å². The zero-order valence-electron chi connectivity index (χ0n) is 14.2. The maximum Gasteiger partial charge on any atom is 0.302 e. The second kappa shape index (κ2) is 8.31. The molecule has 3 atom stereocenters. The number of nitrogens with zero attached hydrogens (tertiary/aromatic N) is 1. The van der Waals surface area contributed by atoms with Gasteiger partial charge in [0.1, 0.15) is 18.0 Å². The van der Waals surface area contributed by atoms with Crippen molar-refractivity contribution in [2.75, 3.05) is 18.9 Å². The lowest BCUT2D eigenvalue weighted by molar-refractivity contribution is -0.147. The van der Waals surface area contributed by atoms with E-state index in [1.54, 1.807) is 6.20 Å². The summed E-state index contributed by atoms with van der Waals surface area (Å²) in [6, 6.07) is -0.918. The number of thioether (sulfide) groups is 1. The van der Waals surface area contributed by atoms with E-state index in [1.165, 1.54) is 23.6 Å². The van der Waals surface area contributed by atoms with Crippen molar-refractivity contribution in [3.63, 3.8) is 0 Å². The quantitative estimate of drug-likeness (QED) is 0.376. The molecule has 26 heavy (non-hydrogen) atoms. The number of ether oxygens (including phenoxy) is 1. The van der Waals surface area contributed by atoms with Crippen molar-refractivity contribution in [3.05, 3.63) is 11.8 Å². The molecule has 8 nitrogen and oxygen atoms in total. The number of amides is 2. The largest absolute Gasteiger partial charge is 0.461 e. The van der Waals surface area contributed by atoms with Crippen LogP contribution in [0.5, 0.6) is 0 Å². The molecule has 2 rings (SSSR count). The topological polar surface area (TPSA) is 128 Å². The van der Waals surface area contributed by atoms with Gasteiger partial charge >= 0.3 is 5.97 Å². The van der Waals surface area contributed by atoms with Gasteiger partial charge in [0.15, 0.2) is 5.54 Å². The van der Waals surface area contributed by atoms with Crippen molar-refractivity contribution < 1.29 is 27.9 Å². The Morgan fingerprint density at radius 1 is 1.54 bits per heavy atom. The molecule has 0 saturated carbocycles. The van der Waals surface area contributed by atoms with Crippen LogP contribution in [0.15, 0.2) is 11.8 Å². The Morgan fingerprint density at radius 2 is 2.23 bits per heavy atom. The zero-order chi connectivity index (χ0) is 19.5. The van der Waals surface area contributed by atoms with Gasteiger partial charge in [0.2, 0.25) is 5.91 Å². The maximum absolute atomic E-state index is 13.3. The fraction of sp³-hybridized carbons (Fsp3) is 0.667. The van der Waals surface area contributed by atoms with Crippen molar-refractivity contribution in [1.29, 1.82) is 0 Å². The molecule has 11 heteroatoms. The molecule has 2 amide bonds. The highest BCUT2D eigenvalue weighted by Crippen LogP contribution is 2.36. The van der Waals surface area contributed by atoms with Crippen LogP contribution in [0, 0.1) is 0 Å². The Labute approximate surface area is 153 Å². The van der Waals surface area contributed by atoms with Crippen LogP contribution in [-0.2, 0) is 19.1 Å². The molecule has 0 spiro atoms. The van der Waals surface area contributed by atoms with Gasteiger partial charge in [-0.3, -0.25) is 14.4 Å². The summed E-state index contributed by atoms with van der Waals surface area (Å²) in [7, 11) is 0. The van der Waals surface area contributed by atoms with Crippen LogP contribution in [0.4, 0.5) is 8.78 Å². The molecular formula is C15H22F2N4O4S. The molecule has 0 radical (unpaired) electrons. The number of carbonyl (C=O) groups is 3. The van der Waals surface area contributed by atoms with Crippen LogP contribution >= 0.6 is 11.8 Å². The summed E-state index contributed by atoms with van der Waals surface area (Å²) in [5, 5.41) is 1.95. The highest BCUT2D eigenvalue weighted by atomic mass is 32.2. The number of carbonyl (C=O) groups excluding carboxylic acids is 3. The average molecular weight is 392 g/mol. The van der Waals surface area contributed by atoms with E-state index in [0.717, 1.165) is 5.57 Å². The van der Waals surface area contributed by atoms with Crippen molar-refractivity contribution in [3.8, 4) is 0 Å². The van der Waals surface area contributed by atoms with E-state index in [-0.39, 0.29) is 26.0 Å². The Balaban J connectivity index is 1.99. The molecule has 0 aliphatic carbocycles. The van der Waals surface area contributed by atoms with Crippen LogP contribution in [-0.4, -0.2) is 65.0 Å². The van der Waals surface area contributed by atoms with Crippen molar-refractivity contribution in [2.24, 2.45) is 11.5 Å². The molecule has 5 N–H and O–H groups in total. The minimum Gasteiger partial charge on any atom is -0.461 e. The molecule has 3 unspecified atom stereocenters. The molecule has 1 saturated heterocycles. The van der Waals surface area contributed by atoms with Crippen molar-refractivity contribution >= 4 is 29.5 Å². The number of β-lactam (4-membered cyclic amide) rings is 1. The monoisotopic (exact) mass is 392 g/mol. The van der Waals surface area contributed by atoms with Crippen LogP contribution in [0.2, 0.25) is 0 Å². The summed E-state index contributed by atoms with van der Waals surface area (Å²) in [6.07, 6.45) is -1.62. The summed E-state index contributed by atoms with van der Waals surface area (Å²) >= 11 is 1.35. The minimum atomic E-state index is -3.07. The fourth-order valence-electron chi connectivity index (χ4n) is 2.62. The molecular weight excluding hydrogens is 370 g/mol. The van der Waals surface area contributed by atoms with Crippen molar-refractivity contribution in [2.45, 2.75) is 43.1 Å². The molecule has 0 bridgehead atoms. The first-order chi connectivity index (χ1) is 12.2. The molecule has 0 aromatic carbocycles. The number of nitrogens with one attached hydrogen (secondary N) is 1. The first-order valence-electron chi connectivity index (χ1n) is 8.05. The van der Waals surface area contributed by atoms with Crippen LogP contribution in [0.3, 0.4) is 0 Å². The van der Waals surface area contributed by atoms with Gasteiger partial charge in [-0.1, -0.05) is 0 Å². The van der Waals surface area contributed by atoms with E-state index in [9.17, 15) is 23.2 Å². The van der Waals surface area contributed by atoms with Gasteiger partial charge in [-0.15, -0.1) is 11.8 Å². The van der Waals surface area contributed by atoms with Gasteiger partial charge in [0.25, 0.3) is 12.3 Å². The standard InChI is InChI=1S/C15H22F2N4O4S/c1-8(22)25-6-9-5-21-11(23)10(12(21)26-7-9)20-14(24)15(19,13(16)17)3-2-4-18/h5,10,12-13H,2-4,6-7,18-19H2,1H3,(H,20,24). The number of hydrogen-bond acceptors (Lipinski definition) is 7. The van der Waals surface area contributed by atoms with Crippen molar-refractivity contribution in [1.82, 2.24) is 10.2 Å². The number of halogens is 2. The van der Waals surface area contributed by atoms with Gasteiger partial charge in [0.05, 0.1) is 0 Å². The average Bonchev–Trinajstić information content (AvgIpc) is 2.61. The number of rotatable bonds is 8. The second-order valence-corrected chi connectivity index (χ2v) is 7.30. The van der Waals surface area contributed by atoms with E-state index in [4.69, 9.17) is 16.2 Å². The number of nitrogens with two attached hydrogens (primary N) is 2. The van der Waals surface area contributed by atoms with Crippen LogP contribution < -0.4 is 16.8 Å². The van der Waals surface area contributed by atoms with Crippen LogP contribution in [0.1, 0.15) is 19.8 Å². The number of alkyl halides is 2. The predicted octanol–water partition coefficient (Wildman–Crippen LogP) is -0.465. The Bertz CT molecular complexity index is 618. The lowest BCUT2D eigenvalue weighted by atomic mass is 9.92. The molecule has 2 aliphatic rings. The Kier molecular flexibility index (Phi) is 6.58. The van der Waals surface area contributed by atoms with Crippen LogP contribution in [0.25, 0.3) is 0 Å². The van der Waals surface area contributed by atoms with E-state index in [2.05, 4.69) is 5.32 Å². The molecule has 0 aromatic heterocycles. The fourth-order valence-corrected chi connectivity index (χ4v) is 3.87. The molecule has 2 aliphatic heterocycles. The molecule has 0 aromatic rings. The summed E-state index contributed by atoms with van der Waals surface area (Å²) in [5.74, 6) is -1.42. The summed E-state index contributed by atoms with van der Waals surface area (Å²) < 4.78 is 31.5. The third-order valence-corrected chi connectivity index (χ3v) is 5.57. The SMILES string of the molecule is CC(=O)OCC1=CN2C(=O)C(NC(=O)C(N)(CCCN)C(F)F)C2SC1. The smallest absolute Gasteiger partial charge is 0.302 e. The normalized spacial score (nSPS) is 24.3. The predicted molar refractivity (Wildman–Crippen MR) is 90.9 cm³/mol. The summed E-state index contributed by atoms with van der Waals surface area (Å²) in [4.78, 5) is 36.7. The second-order valence-electron chi connectivity index (χ2n) is 6.20. The number of hydrogen-bond donors (Lipinski definition) is 3. The van der Waals surface area contributed by atoms with E-state index in [1.807, 2.05) is 0 Å². The number of fused-ring (bicyclic) bond motifs is 1. The third-order valence-electron chi connectivity index (χ3n) is 4.20. The Morgan fingerprint density at radius 3 is 2.81 bits per heavy atom. The first kappa shape index (κ1) is 20.6. The summed E-state index contributed by atoms with van der Waals surface area (Å²) in [6.45, 7) is 1.49. The third kappa shape index (κ3) is 4.15. The Hall–Kier alpha value is -1.72. The highest BCUT2D eigenvalue weighted by Gasteiger charge is 2.52. The lowest BCUT2D eigenvalue weighted by Gasteiger charge is -2.48. The maximum atomic E-state index is 13.3. The van der Waals surface area contributed by atoms with Gasteiger partial charge in [-0.05, 0) is 25.0 Å². The molecule has 2 heterocycles. The van der Waals surface area contributed by atoms with Gasteiger partial charge in [-0.2, -0.15) is 0 Å². The van der Waals surface area contributed by atoms with Gasteiger partial charge in [0, 0.05) is 18.9 Å². The van der Waals surface area contributed by atoms with E-state index >= 15 is 0 Å². The summed E-state index contributed by atoms with van der Waals surface area (Å²) in [5.41, 5.74) is 9.26. The highest BCUT2D eigenvalue weighted by molar-refractivity contribution is 8.00. The zero-order valence-corrected chi connectivity index (χ0v) is 15.1. The number of esters is 1. The minimum absolute atomic E-state index is 0.0756. The van der Waals surface area contributed by atoms with E-state index in [0.29, 0.717) is 5.75 Å². The lowest BCUT2D eigenvalue weighted by Crippen LogP contribution is -2.72. The molecule has 1 fully saturated rings. The molecule has 146 valence electrons. The first-order valence-corrected chi connectivity index (χ1v) is 9.10. The van der Waals surface area contributed by atoms with E-state index < -0.39 is 41.2 Å². The van der Waals surface area contributed by atoms with Gasteiger partial charge in [-0.25, -0.2) is 8.78 Å².